The van der Waals surface area contributed by atoms with Crippen molar-refractivity contribution in [3.05, 3.63) is 249 Å². The third-order valence-corrected chi connectivity index (χ3v) is 27.8. The molecule has 7 aromatic rings. The Kier molecular flexibility index (Phi) is 41.2. The molecule has 0 radical (unpaired) electrons. The first-order valence-corrected chi connectivity index (χ1v) is 48.8. The van der Waals surface area contributed by atoms with Gasteiger partial charge in [0.1, 0.15) is 12.7 Å². The number of hydrogen-bond acceptors (Lipinski definition) is 19. The zero-order chi connectivity index (χ0) is 94.5. The lowest BCUT2D eigenvalue weighted by molar-refractivity contribution is -0.192. The summed E-state index contributed by atoms with van der Waals surface area (Å²) in [5, 5.41) is 13.4. The SMILES string of the molecule is CCN(CC)CC.C[C@@H](COC(=O)c1ccccc1)OC(=O)c1ccccc1.NCl.O=C(C1CCCCC1)N1CC(=O)N2CCc3ccccc3C2C1.O=C(C1CCCCC1)N1CC(=O)N2CCc3ccccc3[C@@H]2C1.O=C(Cl)C1CCCCC1.O=C1CNCC2c3ccccc3CCN12.O=C1CNC[C@H]2c3ccccc3CCN12.O=C1CNC[C@H]2c3ccccc3CCN12.O=C=O. The molecule has 5 saturated heterocycles. The molecular weight excluding hydrogens is 1720 g/mol. The normalized spacial score (nSPS) is 20.9. The highest BCUT2D eigenvalue weighted by Gasteiger charge is 2.43. The van der Waals surface area contributed by atoms with Crippen molar-refractivity contribution in [2.45, 2.75) is 192 Å². The number of hydrogen-bond donors (Lipinski definition) is 4. The Morgan fingerprint density at radius 1 is 0.391 bits per heavy atom. The lowest BCUT2D eigenvalue weighted by atomic mass is 9.87. The molecule has 2 unspecified atom stereocenters. The molecule has 10 aliphatic heterocycles. The largest absolute Gasteiger partial charge is 0.458 e. The summed E-state index contributed by atoms with van der Waals surface area (Å²) in [5.74, 6) is 0.949. The third-order valence-electron chi connectivity index (χ3n) is 27.5. The van der Waals surface area contributed by atoms with E-state index in [4.69, 9.17) is 30.7 Å². The van der Waals surface area contributed by atoms with Crippen LogP contribution in [-0.4, -0.2) is 234 Å². The third kappa shape index (κ3) is 28.4. The molecule has 3 saturated carbocycles. The fourth-order valence-electron chi connectivity index (χ4n) is 20.4. The highest BCUT2D eigenvalue weighted by Crippen LogP contribution is 2.39. The fourth-order valence-corrected chi connectivity index (χ4v) is 20.6. The van der Waals surface area contributed by atoms with E-state index in [2.05, 4.69) is 168 Å². The van der Waals surface area contributed by atoms with Crippen LogP contribution in [0.15, 0.2) is 182 Å². The van der Waals surface area contributed by atoms with Crippen LogP contribution in [0.2, 0.25) is 0 Å². The molecule has 26 nitrogen and oxygen atoms in total. The Hall–Kier alpha value is -10.8. The van der Waals surface area contributed by atoms with E-state index in [0.717, 1.165) is 149 Å². The van der Waals surface area contributed by atoms with Gasteiger partial charge >= 0.3 is 18.1 Å². The monoisotopic (exact) mass is 1860 g/mol. The van der Waals surface area contributed by atoms with E-state index in [0.29, 0.717) is 43.9 Å². The highest BCUT2D eigenvalue weighted by molar-refractivity contribution is 6.64. The number of piperazine rings is 5. The van der Waals surface area contributed by atoms with Gasteiger partial charge in [0.2, 0.25) is 46.6 Å². The number of carbonyl (C=O) groups excluding carboxylic acids is 12. The topological polar surface area (TPSA) is 311 Å². The van der Waals surface area contributed by atoms with E-state index in [1.165, 1.54) is 107 Å². The van der Waals surface area contributed by atoms with Crippen molar-refractivity contribution in [2.75, 3.05) is 124 Å². The minimum atomic E-state index is -0.509. The number of rotatable bonds is 11. The number of halogens is 2. The molecule has 20 rings (SSSR count). The van der Waals surface area contributed by atoms with Crippen LogP contribution in [0.25, 0.3) is 0 Å². The number of ether oxygens (including phenoxy) is 2. The number of benzene rings is 7. The molecule has 0 spiro atoms. The molecule has 0 aromatic heterocycles. The number of nitrogens with one attached hydrogen (secondary N) is 3. The van der Waals surface area contributed by atoms with Gasteiger partial charge < -0.3 is 64.6 Å². The minimum Gasteiger partial charge on any atom is -0.458 e. The van der Waals surface area contributed by atoms with Crippen molar-refractivity contribution in [2.24, 2.45) is 23.0 Å². The first-order valence-electron chi connectivity index (χ1n) is 48.0. The van der Waals surface area contributed by atoms with E-state index in [1.807, 2.05) is 58.6 Å². The summed E-state index contributed by atoms with van der Waals surface area (Å²) in [4.78, 5) is 152. The van der Waals surface area contributed by atoms with Gasteiger partial charge in [0.15, 0.2) is 0 Å². The van der Waals surface area contributed by atoms with Gasteiger partial charge in [-0.3, -0.25) is 38.4 Å². The van der Waals surface area contributed by atoms with E-state index in [-0.39, 0.29) is 120 Å². The van der Waals surface area contributed by atoms with Crippen molar-refractivity contribution < 1.29 is 67.0 Å². The van der Waals surface area contributed by atoms with Crippen molar-refractivity contribution in [1.82, 2.24) is 55.1 Å². The fraction of sp³-hybridized carbons (Fsp3) is 0.495. The quantitative estimate of drug-likeness (QED) is 0.0531. The maximum absolute atomic E-state index is 12.8. The molecule has 13 aliphatic rings. The minimum absolute atomic E-state index is 0.0201. The summed E-state index contributed by atoms with van der Waals surface area (Å²) in [6.45, 7) is 22.1. The van der Waals surface area contributed by atoms with Crippen LogP contribution in [0.3, 0.4) is 0 Å². The van der Waals surface area contributed by atoms with E-state index in [9.17, 15) is 47.9 Å². The number of esters is 2. The lowest BCUT2D eigenvalue weighted by Crippen LogP contribution is -2.56. The summed E-state index contributed by atoms with van der Waals surface area (Å²) in [7, 11) is 0. The zero-order valence-corrected chi connectivity index (χ0v) is 79.2. The van der Waals surface area contributed by atoms with Crippen LogP contribution in [0.5, 0.6) is 0 Å². The number of nitrogens with two attached hydrogens (primary N) is 1. The van der Waals surface area contributed by atoms with Crippen molar-refractivity contribution in [3.8, 4) is 0 Å². The molecule has 3 aliphatic carbocycles. The number of nitrogens with zero attached hydrogens (tertiary/aromatic N) is 8. The molecule has 28 heteroatoms. The van der Waals surface area contributed by atoms with Crippen LogP contribution >= 0.6 is 23.4 Å². The first-order chi connectivity index (χ1) is 64.8. The molecule has 8 fully saturated rings. The van der Waals surface area contributed by atoms with E-state index >= 15 is 0 Å². The summed E-state index contributed by atoms with van der Waals surface area (Å²) < 4.78 is 10.3. The number of carbonyl (C=O) groups is 10. The van der Waals surface area contributed by atoms with Crippen LogP contribution in [0, 0.1) is 17.8 Å². The summed E-state index contributed by atoms with van der Waals surface area (Å²) in [6.07, 6.45) is 21.3. The molecule has 0 bridgehead atoms. The van der Waals surface area contributed by atoms with Gasteiger partial charge in [-0.2, -0.15) is 9.59 Å². The predicted octanol–water partition coefficient (Wildman–Crippen LogP) is 13.5. The molecule has 5 N–H and O–H groups in total. The Morgan fingerprint density at radius 2 is 0.662 bits per heavy atom. The average Bonchev–Trinajstić information content (AvgIpc) is 0.753. The van der Waals surface area contributed by atoms with Gasteiger partial charge in [-0.25, -0.2) is 14.8 Å². The molecule has 133 heavy (non-hydrogen) atoms. The predicted molar refractivity (Wildman–Crippen MR) is 512 cm³/mol. The summed E-state index contributed by atoms with van der Waals surface area (Å²) >= 11 is 9.46. The zero-order valence-electron chi connectivity index (χ0n) is 77.7. The second-order valence-corrected chi connectivity index (χ2v) is 36.0. The van der Waals surface area contributed by atoms with Gasteiger partial charge in [-0.1, -0.05) is 236 Å². The molecule has 7 aromatic carbocycles. The van der Waals surface area contributed by atoms with Gasteiger partial charge in [0, 0.05) is 83.2 Å². The first kappa shape index (κ1) is 103. The van der Waals surface area contributed by atoms with Crippen molar-refractivity contribution in [3.63, 3.8) is 0 Å². The molecule has 712 valence electrons. The molecular formula is C105H134Cl2N12O14. The molecule has 10 heterocycles. The van der Waals surface area contributed by atoms with Crippen LogP contribution in [0.1, 0.15) is 231 Å². The average molecular weight is 1860 g/mol. The van der Waals surface area contributed by atoms with Gasteiger partial charge in [-0.15, -0.1) is 0 Å². The Labute approximate surface area is 794 Å². The standard InChI is InChI=1S/2C19H24N2O2.C17H16O4.3C12H14N2O.C7H11ClO.C6H15N.CO2.ClH2N/c2*22-18-13-20(19(23)15-7-2-1-3-8-15)12-17-16-9-5-4-6-14(16)10-11-21(17)18;1-13(21-17(19)15-10-6-3-7-11-15)12-20-16(18)14-8-4-2-5-9-14;3*15-12-8-13-7-11-10-4-2-1-3-9(10)5-6-14(11)12;8-7(9)6-4-2-1-3-5-6;1-4-7(5-2)6-3;2-1-3;1-2/h2*4-6,9,15,17H,1-3,7-8,10-13H2;2-11,13H,12H2,1H3;3*1-4,11,13H,5-8H2;6H,1-5H2;4-6H2,1-3H3;;2H2/t17-;;13-;2*11-;;;;;/m0.000...../s1. The number of amides is 7. The second-order valence-electron chi connectivity index (χ2n) is 35.6. The van der Waals surface area contributed by atoms with Gasteiger partial charge in [0.25, 0.3) is 0 Å². The number of fused-ring (bicyclic) bond motifs is 15. The molecule has 6 atom stereocenters. The van der Waals surface area contributed by atoms with Crippen LogP contribution in [0.4, 0.5) is 0 Å². The van der Waals surface area contributed by atoms with Crippen LogP contribution < -0.4 is 21.2 Å². The maximum atomic E-state index is 12.8. The van der Waals surface area contributed by atoms with Crippen LogP contribution in [-0.2, 0) is 89.5 Å². The van der Waals surface area contributed by atoms with Crippen molar-refractivity contribution >= 4 is 88.1 Å². The van der Waals surface area contributed by atoms with E-state index < -0.39 is 18.0 Å². The van der Waals surface area contributed by atoms with E-state index in [1.54, 1.807) is 55.5 Å². The Balaban J connectivity index is 0.000000148. The summed E-state index contributed by atoms with van der Waals surface area (Å²) in [5.41, 5.74) is 14.2. The lowest BCUT2D eigenvalue weighted by Gasteiger charge is -2.45. The maximum Gasteiger partial charge on any atom is 0.373 e. The smallest absolute Gasteiger partial charge is 0.373 e. The van der Waals surface area contributed by atoms with Gasteiger partial charge in [0.05, 0.1) is 74.1 Å². The molecule has 7 amide bonds. The van der Waals surface area contributed by atoms with Gasteiger partial charge in [-0.05, 0) is 200 Å². The Morgan fingerprint density at radius 3 is 0.947 bits per heavy atom. The van der Waals surface area contributed by atoms with Crippen molar-refractivity contribution in [1.29, 1.82) is 0 Å². The highest BCUT2D eigenvalue weighted by atomic mass is 35.5. The Bertz CT molecular complexity index is 4700. The summed E-state index contributed by atoms with van der Waals surface area (Å²) in [6, 6.07) is 60.3. The second kappa shape index (κ2) is 53.3.